The third kappa shape index (κ3) is 4.05. The van der Waals surface area contributed by atoms with Crippen LogP contribution in [0, 0.1) is 5.82 Å². The zero-order valence-electron chi connectivity index (χ0n) is 13.9. The Labute approximate surface area is 155 Å². The van der Waals surface area contributed by atoms with Crippen LogP contribution in [0.5, 0.6) is 0 Å². The van der Waals surface area contributed by atoms with Gasteiger partial charge in [-0.05, 0) is 24.3 Å². The van der Waals surface area contributed by atoms with Gasteiger partial charge < -0.3 is 14.9 Å². The van der Waals surface area contributed by atoms with Crippen molar-refractivity contribution in [2.75, 3.05) is 31.6 Å². The summed E-state index contributed by atoms with van der Waals surface area (Å²) in [7, 11) is 0. The molecule has 0 unspecified atom stereocenters. The van der Waals surface area contributed by atoms with E-state index in [1.165, 1.54) is 11.0 Å². The summed E-state index contributed by atoms with van der Waals surface area (Å²) in [4.78, 5) is 14.3. The summed E-state index contributed by atoms with van der Waals surface area (Å²) in [6, 6.07) is 13.5. The normalized spacial score (nSPS) is 15.1. The van der Waals surface area contributed by atoms with Crippen molar-refractivity contribution in [1.29, 1.82) is 0 Å². The second-order valence-electron chi connectivity index (χ2n) is 5.76. The van der Waals surface area contributed by atoms with Gasteiger partial charge in [-0.2, -0.15) is 5.10 Å². The van der Waals surface area contributed by atoms with Crippen molar-refractivity contribution in [3.8, 4) is 0 Å². The third-order valence-corrected chi connectivity index (χ3v) is 4.45. The van der Waals surface area contributed by atoms with E-state index in [-0.39, 0.29) is 0 Å². The van der Waals surface area contributed by atoms with Crippen LogP contribution in [-0.4, -0.2) is 53.0 Å². The third-order valence-electron chi connectivity index (χ3n) is 4.12. The standard InChI is InChI=1S/C18H18ClFN4O2/c19-14-6-2-4-8-16(14)21-22-17(13-5-1-3-7-15(13)20)23-9-11-24(12-10-23)18(25)26/h1-8,21H,9-12H2,(H,25,26). The van der Waals surface area contributed by atoms with E-state index in [0.29, 0.717) is 48.3 Å². The molecule has 0 atom stereocenters. The number of para-hydroxylation sites is 1. The van der Waals surface area contributed by atoms with E-state index >= 15 is 0 Å². The van der Waals surface area contributed by atoms with E-state index in [1.807, 2.05) is 11.0 Å². The topological polar surface area (TPSA) is 68.2 Å². The molecule has 1 amide bonds. The number of benzene rings is 2. The summed E-state index contributed by atoms with van der Waals surface area (Å²) in [6.07, 6.45) is -0.955. The highest BCUT2D eigenvalue weighted by Gasteiger charge is 2.25. The summed E-state index contributed by atoms with van der Waals surface area (Å²) < 4.78 is 14.3. The number of hydrazone groups is 1. The highest BCUT2D eigenvalue weighted by molar-refractivity contribution is 6.33. The van der Waals surface area contributed by atoms with E-state index < -0.39 is 11.9 Å². The summed E-state index contributed by atoms with van der Waals surface area (Å²) in [6.45, 7) is 1.50. The zero-order valence-corrected chi connectivity index (χ0v) is 14.7. The van der Waals surface area contributed by atoms with Crippen molar-refractivity contribution in [1.82, 2.24) is 9.80 Å². The lowest BCUT2D eigenvalue weighted by Gasteiger charge is -2.35. The van der Waals surface area contributed by atoms with Crippen LogP contribution in [0.4, 0.5) is 14.9 Å². The number of amidine groups is 1. The second kappa shape index (κ2) is 8.05. The molecule has 0 spiro atoms. The Kier molecular flexibility index (Phi) is 5.58. The van der Waals surface area contributed by atoms with Crippen LogP contribution in [0.25, 0.3) is 0 Å². The maximum Gasteiger partial charge on any atom is 0.407 e. The minimum absolute atomic E-state index is 0.328. The highest BCUT2D eigenvalue weighted by atomic mass is 35.5. The fraction of sp³-hybridized carbons (Fsp3) is 0.222. The largest absolute Gasteiger partial charge is 0.465 e. The number of halogens is 2. The Hall–Kier alpha value is -2.80. The molecule has 0 saturated carbocycles. The van der Waals surface area contributed by atoms with E-state index in [9.17, 15) is 9.18 Å². The predicted molar refractivity (Wildman–Crippen MR) is 99.2 cm³/mol. The second-order valence-corrected chi connectivity index (χ2v) is 6.17. The van der Waals surface area contributed by atoms with Gasteiger partial charge in [0.2, 0.25) is 0 Å². The smallest absolute Gasteiger partial charge is 0.407 e. The first kappa shape index (κ1) is 18.0. The van der Waals surface area contributed by atoms with Gasteiger partial charge in [0.15, 0.2) is 5.84 Å². The van der Waals surface area contributed by atoms with E-state index in [2.05, 4.69) is 10.5 Å². The average Bonchev–Trinajstić information content (AvgIpc) is 2.65. The van der Waals surface area contributed by atoms with Gasteiger partial charge in [0.05, 0.1) is 16.3 Å². The first-order valence-corrected chi connectivity index (χ1v) is 8.50. The number of hydrogen-bond donors (Lipinski definition) is 2. The molecular formula is C18H18ClFN4O2. The molecule has 2 N–H and O–H groups in total. The van der Waals surface area contributed by atoms with Crippen LogP contribution in [0.3, 0.4) is 0 Å². The van der Waals surface area contributed by atoms with E-state index in [0.717, 1.165) is 0 Å². The molecule has 1 aliphatic heterocycles. The number of nitrogens with one attached hydrogen (secondary N) is 1. The minimum Gasteiger partial charge on any atom is -0.465 e. The Bertz CT molecular complexity index is 822. The van der Waals surface area contributed by atoms with Crippen molar-refractivity contribution in [2.24, 2.45) is 5.10 Å². The molecular weight excluding hydrogens is 359 g/mol. The van der Waals surface area contributed by atoms with Gasteiger partial charge in [0.1, 0.15) is 5.82 Å². The monoisotopic (exact) mass is 376 g/mol. The molecule has 26 heavy (non-hydrogen) atoms. The van der Waals surface area contributed by atoms with Crippen molar-refractivity contribution in [3.63, 3.8) is 0 Å². The van der Waals surface area contributed by atoms with Crippen LogP contribution in [0.2, 0.25) is 5.02 Å². The van der Waals surface area contributed by atoms with Crippen molar-refractivity contribution in [2.45, 2.75) is 0 Å². The molecule has 1 aliphatic rings. The molecule has 1 fully saturated rings. The SMILES string of the molecule is O=C(O)N1CCN(C(=NNc2ccccc2Cl)c2ccccc2F)CC1. The fourth-order valence-corrected chi connectivity index (χ4v) is 2.90. The van der Waals surface area contributed by atoms with Gasteiger partial charge in [-0.15, -0.1) is 0 Å². The maximum absolute atomic E-state index is 14.3. The molecule has 6 nitrogen and oxygen atoms in total. The molecule has 0 radical (unpaired) electrons. The van der Waals surface area contributed by atoms with Crippen molar-refractivity contribution < 1.29 is 14.3 Å². The van der Waals surface area contributed by atoms with Crippen molar-refractivity contribution >= 4 is 29.2 Å². The van der Waals surface area contributed by atoms with Crippen LogP contribution >= 0.6 is 11.6 Å². The molecule has 2 aromatic rings. The Balaban J connectivity index is 1.88. The molecule has 2 aromatic carbocycles. The molecule has 0 aliphatic carbocycles. The summed E-state index contributed by atoms with van der Waals surface area (Å²) >= 11 is 6.13. The molecule has 136 valence electrons. The van der Waals surface area contributed by atoms with Gasteiger partial charge in [-0.25, -0.2) is 9.18 Å². The lowest BCUT2D eigenvalue weighted by atomic mass is 10.1. The van der Waals surface area contributed by atoms with E-state index in [4.69, 9.17) is 16.7 Å². The molecule has 1 saturated heterocycles. The summed E-state index contributed by atoms with van der Waals surface area (Å²) in [5.74, 6) is 0.0148. The van der Waals surface area contributed by atoms with Gasteiger partial charge in [0, 0.05) is 26.2 Å². The number of anilines is 1. The fourth-order valence-electron chi connectivity index (χ4n) is 2.72. The van der Waals surface area contributed by atoms with Crippen LogP contribution < -0.4 is 5.43 Å². The number of amides is 1. The van der Waals surface area contributed by atoms with Gasteiger partial charge in [-0.3, -0.25) is 5.43 Å². The molecule has 3 rings (SSSR count). The van der Waals surface area contributed by atoms with Crippen LogP contribution in [0.1, 0.15) is 5.56 Å². The maximum atomic E-state index is 14.3. The van der Waals surface area contributed by atoms with Gasteiger partial charge >= 0.3 is 6.09 Å². The highest BCUT2D eigenvalue weighted by Crippen LogP contribution is 2.21. The number of hydrogen-bond acceptors (Lipinski definition) is 3. The number of nitrogens with zero attached hydrogens (tertiary/aromatic N) is 3. The molecule has 8 heteroatoms. The Morgan fingerprint density at radius 3 is 2.31 bits per heavy atom. The number of piperazine rings is 1. The van der Waals surface area contributed by atoms with Crippen molar-refractivity contribution in [3.05, 3.63) is 64.9 Å². The Morgan fingerprint density at radius 2 is 1.65 bits per heavy atom. The zero-order chi connectivity index (χ0) is 18.5. The van der Waals surface area contributed by atoms with E-state index in [1.54, 1.807) is 36.4 Å². The summed E-state index contributed by atoms with van der Waals surface area (Å²) in [5.41, 5.74) is 3.83. The molecule has 1 heterocycles. The lowest BCUT2D eigenvalue weighted by Crippen LogP contribution is -2.50. The lowest BCUT2D eigenvalue weighted by molar-refractivity contribution is 0.124. The number of carbonyl (C=O) groups is 1. The average molecular weight is 377 g/mol. The minimum atomic E-state index is -0.955. The van der Waals surface area contributed by atoms with Gasteiger partial charge in [-0.1, -0.05) is 35.9 Å². The predicted octanol–water partition coefficient (Wildman–Crippen LogP) is 3.55. The quantitative estimate of drug-likeness (QED) is 0.488. The van der Waals surface area contributed by atoms with Crippen LogP contribution in [-0.2, 0) is 0 Å². The molecule has 0 bridgehead atoms. The first-order chi connectivity index (χ1) is 12.6. The van der Waals surface area contributed by atoms with Crippen LogP contribution in [0.15, 0.2) is 53.6 Å². The summed E-state index contributed by atoms with van der Waals surface area (Å²) in [5, 5.41) is 14.0. The number of carboxylic acid groups (broad SMARTS) is 1. The Morgan fingerprint density at radius 1 is 1.04 bits per heavy atom. The number of rotatable bonds is 3. The first-order valence-electron chi connectivity index (χ1n) is 8.12. The van der Waals surface area contributed by atoms with Gasteiger partial charge in [0.25, 0.3) is 0 Å². The molecule has 0 aromatic heterocycles.